The summed E-state index contributed by atoms with van der Waals surface area (Å²) in [5.74, 6) is -3.77. The molecule has 0 radical (unpaired) electrons. The topological polar surface area (TPSA) is 185 Å². The Hall–Kier alpha value is -2.20. The molecule has 108 valence electrons. The number of rotatable bonds is 8. The maximum atomic E-state index is 11.3. The molecule has 3 amide bonds. The van der Waals surface area contributed by atoms with E-state index in [2.05, 4.69) is 5.32 Å². The van der Waals surface area contributed by atoms with E-state index in [0.29, 0.717) is 0 Å². The van der Waals surface area contributed by atoms with Gasteiger partial charge in [0, 0.05) is 0 Å². The van der Waals surface area contributed by atoms with Crippen molar-refractivity contribution in [1.29, 1.82) is 0 Å². The minimum atomic E-state index is -1.45. The van der Waals surface area contributed by atoms with Crippen LogP contribution in [0.25, 0.3) is 0 Å². The number of carbonyl (C=O) groups excluding carboxylic acids is 3. The molecule has 0 aliphatic heterocycles. The molecule has 0 aliphatic carbocycles. The molecule has 0 spiro atoms. The van der Waals surface area contributed by atoms with Gasteiger partial charge in [0.05, 0.1) is 25.6 Å². The van der Waals surface area contributed by atoms with Gasteiger partial charge in [-0.25, -0.2) is 4.79 Å². The number of nitrogens with one attached hydrogen (secondary N) is 2. The van der Waals surface area contributed by atoms with E-state index in [9.17, 15) is 19.2 Å². The van der Waals surface area contributed by atoms with Gasteiger partial charge in [-0.15, -0.1) is 0 Å². The highest BCUT2D eigenvalue weighted by molar-refractivity contribution is 5.91. The van der Waals surface area contributed by atoms with Crippen LogP contribution in [0.2, 0.25) is 0 Å². The predicted molar refractivity (Wildman–Crippen MR) is 61.4 cm³/mol. The molecule has 0 saturated heterocycles. The number of aliphatic hydroxyl groups excluding tert-OH is 1. The zero-order chi connectivity index (χ0) is 15.0. The molecular weight excluding hydrogens is 260 g/mol. The van der Waals surface area contributed by atoms with Crippen molar-refractivity contribution in [2.24, 2.45) is 11.5 Å². The maximum absolute atomic E-state index is 11.3. The number of hydrogen-bond donors (Lipinski definition) is 6. The maximum Gasteiger partial charge on any atom is 0.328 e. The normalized spacial score (nSPS) is 13.2. The van der Waals surface area contributed by atoms with Crippen molar-refractivity contribution in [1.82, 2.24) is 10.6 Å². The summed E-state index contributed by atoms with van der Waals surface area (Å²) in [6, 6.07) is -2.64. The minimum Gasteiger partial charge on any atom is -0.480 e. The molecule has 10 heteroatoms. The fourth-order valence-electron chi connectivity index (χ4n) is 1.04. The summed E-state index contributed by atoms with van der Waals surface area (Å²) >= 11 is 0. The number of carboxylic acids is 1. The highest BCUT2D eigenvalue weighted by Gasteiger charge is 2.20. The Kier molecular flexibility index (Phi) is 7.07. The van der Waals surface area contributed by atoms with Crippen molar-refractivity contribution >= 4 is 23.7 Å². The first-order valence-corrected chi connectivity index (χ1v) is 5.22. The van der Waals surface area contributed by atoms with E-state index in [1.54, 1.807) is 0 Å². The van der Waals surface area contributed by atoms with Crippen molar-refractivity contribution in [2.75, 3.05) is 13.2 Å². The first-order valence-electron chi connectivity index (χ1n) is 5.22. The van der Waals surface area contributed by atoms with Crippen molar-refractivity contribution in [3.05, 3.63) is 0 Å². The van der Waals surface area contributed by atoms with Crippen LogP contribution < -0.4 is 22.1 Å². The Labute approximate surface area is 108 Å². The highest BCUT2D eigenvalue weighted by atomic mass is 16.4. The Morgan fingerprint density at radius 3 is 2.21 bits per heavy atom. The van der Waals surface area contributed by atoms with Gasteiger partial charge in [-0.2, -0.15) is 0 Å². The minimum absolute atomic E-state index is 0.373. The molecule has 0 rings (SSSR count). The van der Waals surface area contributed by atoms with Crippen molar-refractivity contribution < 1.29 is 29.4 Å². The van der Waals surface area contributed by atoms with E-state index in [1.807, 2.05) is 5.32 Å². The zero-order valence-electron chi connectivity index (χ0n) is 9.96. The van der Waals surface area contributed by atoms with Crippen LogP contribution in [0, 0.1) is 0 Å². The highest BCUT2D eigenvalue weighted by Crippen LogP contribution is 1.87. The molecule has 0 saturated carbocycles. The van der Waals surface area contributed by atoms with E-state index in [0.717, 1.165) is 0 Å². The fourth-order valence-corrected chi connectivity index (χ4v) is 1.04. The second kappa shape index (κ2) is 8.00. The van der Waals surface area contributed by atoms with Gasteiger partial charge in [0.15, 0.2) is 0 Å². The number of carbonyl (C=O) groups is 4. The zero-order valence-corrected chi connectivity index (χ0v) is 9.96. The van der Waals surface area contributed by atoms with Gasteiger partial charge in [-0.3, -0.25) is 14.4 Å². The summed E-state index contributed by atoms with van der Waals surface area (Å²) < 4.78 is 0. The van der Waals surface area contributed by atoms with Gasteiger partial charge in [0.2, 0.25) is 17.7 Å². The summed E-state index contributed by atoms with van der Waals surface area (Å²) in [5, 5.41) is 21.3. The van der Waals surface area contributed by atoms with Gasteiger partial charge in [0.1, 0.15) is 6.04 Å². The van der Waals surface area contributed by atoms with E-state index >= 15 is 0 Å². The molecule has 8 N–H and O–H groups in total. The van der Waals surface area contributed by atoms with Crippen molar-refractivity contribution in [2.45, 2.75) is 18.5 Å². The van der Waals surface area contributed by atoms with Gasteiger partial charge >= 0.3 is 5.97 Å². The first kappa shape index (κ1) is 16.8. The Balaban J connectivity index is 4.12. The molecule has 0 unspecified atom stereocenters. The third-order valence-electron chi connectivity index (χ3n) is 2.00. The van der Waals surface area contributed by atoms with E-state index in [-0.39, 0.29) is 6.42 Å². The molecule has 0 aromatic rings. The van der Waals surface area contributed by atoms with Crippen LogP contribution in [-0.4, -0.2) is 59.1 Å². The van der Waals surface area contributed by atoms with Crippen LogP contribution in [-0.2, 0) is 19.2 Å². The number of primary amides is 1. The summed E-state index contributed by atoms with van der Waals surface area (Å²) in [5.41, 5.74) is 10.1. The summed E-state index contributed by atoms with van der Waals surface area (Å²) in [6.07, 6.45) is -0.373. The number of hydrogen-bond acceptors (Lipinski definition) is 6. The Morgan fingerprint density at radius 1 is 1.21 bits per heavy atom. The second-order valence-electron chi connectivity index (χ2n) is 3.64. The largest absolute Gasteiger partial charge is 0.480 e. The second-order valence-corrected chi connectivity index (χ2v) is 3.64. The summed E-state index contributed by atoms with van der Waals surface area (Å²) in [6.45, 7) is -1.31. The molecule has 10 nitrogen and oxygen atoms in total. The van der Waals surface area contributed by atoms with Gasteiger partial charge in [-0.1, -0.05) is 0 Å². The van der Waals surface area contributed by atoms with Gasteiger partial charge in [0.25, 0.3) is 0 Å². The number of nitrogens with two attached hydrogens (primary N) is 2. The number of aliphatic carboxylic acids is 1. The van der Waals surface area contributed by atoms with E-state index in [1.165, 1.54) is 0 Å². The lowest BCUT2D eigenvalue weighted by Gasteiger charge is -2.13. The van der Waals surface area contributed by atoms with E-state index < -0.39 is 48.9 Å². The molecule has 0 fully saturated rings. The van der Waals surface area contributed by atoms with Crippen LogP contribution in [0.15, 0.2) is 0 Å². The monoisotopic (exact) mass is 276 g/mol. The van der Waals surface area contributed by atoms with Crippen molar-refractivity contribution in [3.63, 3.8) is 0 Å². The summed E-state index contributed by atoms with van der Waals surface area (Å²) in [4.78, 5) is 43.5. The van der Waals surface area contributed by atoms with Crippen molar-refractivity contribution in [3.8, 4) is 0 Å². The van der Waals surface area contributed by atoms with E-state index in [4.69, 9.17) is 21.7 Å². The average Bonchev–Trinajstić information content (AvgIpc) is 2.31. The first-order chi connectivity index (χ1) is 8.77. The number of amides is 3. The third kappa shape index (κ3) is 6.95. The molecule has 0 bridgehead atoms. The average molecular weight is 276 g/mol. The molecular formula is C9H16N4O6. The number of carboxylic acid groups (broad SMARTS) is 1. The molecule has 0 aromatic heterocycles. The lowest BCUT2D eigenvalue weighted by molar-refractivity contribution is -0.142. The Bertz CT molecular complexity index is 372. The lowest BCUT2D eigenvalue weighted by atomic mass is 10.2. The standard InChI is InChI=1S/C9H16N4O6/c10-4(1-6(11)15)8(17)12-2-7(16)13-5(3-14)9(18)19/h4-5,14H,1-3,10H2,(H2,11,15)(H,12,17)(H,13,16)(H,18,19)/t4-,5-/m0/s1. The van der Waals surface area contributed by atoms with Crippen LogP contribution in [0.3, 0.4) is 0 Å². The smallest absolute Gasteiger partial charge is 0.328 e. The van der Waals surface area contributed by atoms with Crippen LogP contribution in [0.1, 0.15) is 6.42 Å². The third-order valence-corrected chi connectivity index (χ3v) is 2.00. The van der Waals surface area contributed by atoms with Crippen LogP contribution in [0.5, 0.6) is 0 Å². The van der Waals surface area contributed by atoms with Gasteiger partial charge in [-0.05, 0) is 0 Å². The SMILES string of the molecule is NC(=O)C[C@H](N)C(=O)NCC(=O)N[C@@H](CO)C(=O)O. The van der Waals surface area contributed by atoms with Gasteiger partial charge < -0.3 is 32.3 Å². The lowest BCUT2D eigenvalue weighted by Crippen LogP contribution is -2.50. The van der Waals surface area contributed by atoms with Crippen LogP contribution in [0.4, 0.5) is 0 Å². The molecule has 2 atom stereocenters. The Morgan fingerprint density at radius 2 is 1.79 bits per heavy atom. The molecule has 0 aliphatic rings. The number of aliphatic hydroxyl groups is 1. The predicted octanol–water partition coefficient (Wildman–Crippen LogP) is -4.13. The fraction of sp³-hybridized carbons (Fsp3) is 0.556. The molecule has 0 aromatic carbocycles. The quantitative estimate of drug-likeness (QED) is 0.260. The summed E-state index contributed by atoms with van der Waals surface area (Å²) in [7, 11) is 0. The molecule has 0 heterocycles. The molecule has 19 heavy (non-hydrogen) atoms. The van der Waals surface area contributed by atoms with Crippen LogP contribution >= 0.6 is 0 Å².